The molecule has 2 rings (SSSR count). The molecular weight excluding hydrogens is 186 g/mol. The molecule has 0 N–H and O–H groups in total. The molecular formula is C13H17NO. The zero-order chi connectivity index (χ0) is 10.7. The second kappa shape index (κ2) is 4.13. The predicted molar refractivity (Wildman–Crippen MR) is 62.3 cm³/mol. The van der Waals surface area contributed by atoms with Gasteiger partial charge in [0.1, 0.15) is 5.69 Å². The van der Waals surface area contributed by atoms with Crippen molar-refractivity contribution in [3.05, 3.63) is 34.7 Å². The molecule has 1 aromatic rings. The Balaban J connectivity index is 2.30. The summed E-state index contributed by atoms with van der Waals surface area (Å²) in [7, 11) is 0. The molecule has 0 unspecified atom stereocenters. The number of hydrogen-bond acceptors (Lipinski definition) is 2. The molecule has 0 amide bonds. The Kier molecular flexibility index (Phi) is 2.85. The molecule has 0 saturated heterocycles. The van der Waals surface area contributed by atoms with Gasteiger partial charge in [-0.25, -0.2) is 0 Å². The molecule has 0 bridgehead atoms. The molecule has 0 aliphatic heterocycles. The van der Waals surface area contributed by atoms with E-state index in [1.54, 1.807) is 6.07 Å². The maximum atomic E-state index is 10.5. The molecule has 0 spiro atoms. The maximum Gasteiger partial charge on any atom is 0.108 e. The SMILES string of the molecule is CC1(c2cccc(N=O)c2)CCCCC1. The van der Waals surface area contributed by atoms with Crippen molar-refractivity contribution in [3.8, 4) is 0 Å². The fourth-order valence-electron chi connectivity index (χ4n) is 2.56. The normalized spacial score (nSPS) is 19.8. The van der Waals surface area contributed by atoms with Crippen LogP contribution in [0, 0.1) is 4.91 Å². The number of rotatable bonds is 2. The Bertz CT molecular complexity index is 353. The summed E-state index contributed by atoms with van der Waals surface area (Å²) >= 11 is 0. The average Bonchev–Trinajstić information content (AvgIpc) is 2.30. The van der Waals surface area contributed by atoms with Crippen molar-refractivity contribution < 1.29 is 0 Å². The number of nitrogens with zero attached hydrogens (tertiary/aromatic N) is 1. The molecule has 2 nitrogen and oxygen atoms in total. The fourth-order valence-corrected chi connectivity index (χ4v) is 2.56. The van der Waals surface area contributed by atoms with E-state index >= 15 is 0 Å². The first-order valence-electron chi connectivity index (χ1n) is 5.68. The summed E-state index contributed by atoms with van der Waals surface area (Å²) in [6, 6.07) is 7.77. The highest BCUT2D eigenvalue weighted by atomic mass is 16.3. The van der Waals surface area contributed by atoms with E-state index in [1.807, 2.05) is 12.1 Å². The van der Waals surface area contributed by atoms with Crippen LogP contribution in [0.3, 0.4) is 0 Å². The molecule has 0 radical (unpaired) electrons. The van der Waals surface area contributed by atoms with Gasteiger partial charge in [-0.1, -0.05) is 38.3 Å². The number of nitroso groups, excluding NO2 is 1. The fraction of sp³-hybridized carbons (Fsp3) is 0.538. The van der Waals surface area contributed by atoms with Crippen LogP contribution < -0.4 is 0 Å². The Hall–Kier alpha value is -1.18. The average molecular weight is 203 g/mol. The summed E-state index contributed by atoms with van der Waals surface area (Å²) < 4.78 is 0. The highest BCUT2D eigenvalue weighted by molar-refractivity contribution is 5.42. The molecule has 0 aromatic heterocycles. The third kappa shape index (κ3) is 2.09. The molecule has 80 valence electrons. The van der Waals surface area contributed by atoms with Gasteiger partial charge in [0.2, 0.25) is 0 Å². The standard InChI is InChI=1S/C13H17NO/c1-13(8-3-2-4-9-13)11-6-5-7-12(10-11)14-15/h5-7,10H,2-4,8-9H2,1H3. The van der Waals surface area contributed by atoms with E-state index < -0.39 is 0 Å². The summed E-state index contributed by atoms with van der Waals surface area (Å²) in [4.78, 5) is 10.5. The summed E-state index contributed by atoms with van der Waals surface area (Å²) in [5, 5.41) is 3.01. The van der Waals surface area contributed by atoms with Crippen LogP contribution in [-0.2, 0) is 5.41 Å². The molecule has 1 aliphatic carbocycles. The van der Waals surface area contributed by atoms with Crippen molar-refractivity contribution in [2.75, 3.05) is 0 Å². The summed E-state index contributed by atoms with van der Waals surface area (Å²) in [6.07, 6.45) is 6.41. The second-order valence-corrected chi connectivity index (χ2v) is 4.76. The van der Waals surface area contributed by atoms with E-state index in [4.69, 9.17) is 0 Å². The third-order valence-corrected chi connectivity index (χ3v) is 3.61. The van der Waals surface area contributed by atoms with Gasteiger partial charge >= 0.3 is 0 Å². The Labute approximate surface area is 90.7 Å². The largest absolute Gasteiger partial charge is 0.145 e. The first kappa shape index (κ1) is 10.3. The minimum absolute atomic E-state index is 0.263. The monoisotopic (exact) mass is 203 g/mol. The second-order valence-electron chi connectivity index (χ2n) is 4.76. The van der Waals surface area contributed by atoms with Gasteiger partial charge < -0.3 is 0 Å². The van der Waals surface area contributed by atoms with E-state index in [0.29, 0.717) is 5.69 Å². The van der Waals surface area contributed by atoms with Crippen molar-refractivity contribution in [3.63, 3.8) is 0 Å². The van der Waals surface area contributed by atoms with Crippen LogP contribution in [-0.4, -0.2) is 0 Å². The Morgan fingerprint density at radius 2 is 1.93 bits per heavy atom. The highest BCUT2D eigenvalue weighted by Crippen LogP contribution is 2.39. The van der Waals surface area contributed by atoms with Gasteiger partial charge in [-0.2, -0.15) is 0 Å². The molecule has 1 aromatic carbocycles. The zero-order valence-electron chi connectivity index (χ0n) is 9.20. The zero-order valence-corrected chi connectivity index (χ0v) is 9.20. The summed E-state index contributed by atoms with van der Waals surface area (Å²) in [5.41, 5.74) is 2.09. The maximum absolute atomic E-state index is 10.5. The van der Waals surface area contributed by atoms with Crippen LogP contribution in [0.5, 0.6) is 0 Å². The van der Waals surface area contributed by atoms with Gasteiger partial charge in [-0.3, -0.25) is 0 Å². The van der Waals surface area contributed by atoms with Gasteiger partial charge in [0.25, 0.3) is 0 Å². The van der Waals surface area contributed by atoms with Crippen LogP contribution in [0.25, 0.3) is 0 Å². The molecule has 0 heterocycles. The lowest BCUT2D eigenvalue weighted by Crippen LogP contribution is -2.24. The van der Waals surface area contributed by atoms with Crippen LogP contribution in [0.1, 0.15) is 44.6 Å². The van der Waals surface area contributed by atoms with Crippen molar-refractivity contribution in [1.82, 2.24) is 0 Å². The van der Waals surface area contributed by atoms with Crippen LogP contribution in [0.2, 0.25) is 0 Å². The lowest BCUT2D eigenvalue weighted by molar-refractivity contribution is 0.319. The first-order chi connectivity index (χ1) is 7.24. The van der Waals surface area contributed by atoms with Gasteiger partial charge in [0, 0.05) is 0 Å². The molecule has 15 heavy (non-hydrogen) atoms. The van der Waals surface area contributed by atoms with Crippen LogP contribution >= 0.6 is 0 Å². The third-order valence-electron chi connectivity index (χ3n) is 3.61. The van der Waals surface area contributed by atoms with E-state index in [0.717, 1.165) is 0 Å². The van der Waals surface area contributed by atoms with E-state index in [2.05, 4.69) is 18.2 Å². The number of benzene rings is 1. The lowest BCUT2D eigenvalue weighted by atomic mass is 9.71. The van der Waals surface area contributed by atoms with E-state index in [1.165, 1.54) is 37.7 Å². The molecule has 1 saturated carbocycles. The Morgan fingerprint density at radius 3 is 2.60 bits per heavy atom. The lowest BCUT2D eigenvalue weighted by Gasteiger charge is -2.34. The van der Waals surface area contributed by atoms with Crippen LogP contribution in [0.4, 0.5) is 5.69 Å². The van der Waals surface area contributed by atoms with Crippen molar-refractivity contribution in [2.24, 2.45) is 5.18 Å². The van der Waals surface area contributed by atoms with Crippen molar-refractivity contribution >= 4 is 5.69 Å². The minimum atomic E-state index is 0.263. The predicted octanol–water partition coefficient (Wildman–Crippen LogP) is 4.31. The van der Waals surface area contributed by atoms with E-state index in [9.17, 15) is 4.91 Å². The van der Waals surface area contributed by atoms with Crippen LogP contribution in [0.15, 0.2) is 29.4 Å². The van der Waals surface area contributed by atoms with E-state index in [-0.39, 0.29) is 5.41 Å². The molecule has 1 fully saturated rings. The van der Waals surface area contributed by atoms with Crippen molar-refractivity contribution in [2.45, 2.75) is 44.4 Å². The van der Waals surface area contributed by atoms with Gasteiger partial charge in [-0.05, 0) is 41.1 Å². The quantitative estimate of drug-likeness (QED) is 0.659. The highest BCUT2D eigenvalue weighted by Gasteiger charge is 2.28. The van der Waals surface area contributed by atoms with Gasteiger partial charge in [0.15, 0.2) is 0 Å². The molecule has 2 heteroatoms. The summed E-state index contributed by atoms with van der Waals surface area (Å²) in [6.45, 7) is 2.30. The topological polar surface area (TPSA) is 29.4 Å². The molecule has 1 aliphatic rings. The van der Waals surface area contributed by atoms with Gasteiger partial charge in [0.05, 0.1) is 0 Å². The molecule has 0 atom stereocenters. The minimum Gasteiger partial charge on any atom is -0.145 e. The van der Waals surface area contributed by atoms with Crippen molar-refractivity contribution in [1.29, 1.82) is 0 Å². The first-order valence-corrected chi connectivity index (χ1v) is 5.68. The smallest absolute Gasteiger partial charge is 0.108 e. The Morgan fingerprint density at radius 1 is 1.20 bits per heavy atom. The summed E-state index contributed by atoms with van der Waals surface area (Å²) in [5.74, 6) is 0. The van der Waals surface area contributed by atoms with Gasteiger partial charge in [-0.15, -0.1) is 4.91 Å². The number of hydrogen-bond donors (Lipinski definition) is 0.